The molecule has 1 heterocycles. The van der Waals surface area contributed by atoms with E-state index >= 15 is 0 Å². The van der Waals surface area contributed by atoms with Crippen molar-refractivity contribution in [2.75, 3.05) is 6.61 Å². The first-order valence-corrected chi connectivity index (χ1v) is 6.39. The summed E-state index contributed by atoms with van der Waals surface area (Å²) in [6.07, 6.45) is 8.02. The van der Waals surface area contributed by atoms with E-state index in [1.54, 1.807) is 0 Å². The van der Waals surface area contributed by atoms with Crippen molar-refractivity contribution in [1.29, 1.82) is 0 Å². The summed E-state index contributed by atoms with van der Waals surface area (Å²) in [5.41, 5.74) is 0. The highest BCUT2D eigenvalue weighted by atomic mass is 35.5. The standard InChI is InChI=1S/C12H23ClO/c1-10(2)12(13)8-4-3-6-11-7-5-9-14-11/h10-12H,3-9H2,1-2H3. The first-order chi connectivity index (χ1) is 6.70. The molecule has 2 unspecified atom stereocenters. The van der Waals surface area contributed by atoms with Crippen LogP contribution in [-0.4, -0.2) is 18.1 Å². The SMILES string of the molecule is CC(C)C(Cl)CCCCC1CCCO1. The van der Waals surface area contributed by atoms with Gasteiger partial charge in [0.2, 0.25) is 0 Å². The van der Waals surface area contributed by atoms with E-state index in [2.05, 4.69) is 13.8 Å². The molecule has 0 bridgehead atoms. The third-order valence-corrected chi connectivity index (χ3v) is 3.73. The zero-order valence-electron chi connectivity index (χ0n) is 9.47. The Morgan fingerprint density at radius 1 is 1.36 bits per heavy atom. The van der Waals surface area contributed by atoms with Crippen LogP contribution in [0.1, 0.15) is 52.4 Å². The van der Waals surface area contributed by atoms with E-state index in [-0.39, 0.29) is 0 Å². The lowest BCUT2D eigenvalue weighted by molar-refractivity contribution is 0.102. The Morgan fingerprint density at radius 3 is 2.71 bits per heavy atom. The summed E-state index contributed by atoms with van der Waals surface area (Å²) in [5, 5.41) is 0.361. The van der Waals surface area contributed by atoms with Gasteiger partial charge in [0.15, 0.2) is 0 Å². The van der Waals surface area contributed by atoms with Crippen molar-refractivity contribution in [1.82, 2.24) is 0 Å². The quantitative estimate of drug-likeness (QED) is 0.484. The molecular formula is C12H23ClO. The molecule has 0 saturated carbocycles. The van der Waals surface area contributed by atoms with E-state index < -0.39 is 0 Å². The third kappa shape index (κ3) is 4.65. The van der Waals surface area contributed by atoms with Crippen LogP contribution in [-0.2, 0) is 4.74 Å². The molecular weight excluding hydrogens is 196 g/mol. The number of rotatable bonds is 6. The number of hydrogen-bond acceptors (Lipinski definition) is 1. The Bertz CT molecular complexity index is 137. The van der Waals surface area contributed by atoms with Gasteiger partial charge in [-0.2, -0.15) is 0 Å². The van der Waals surface area contributed by atoms with Crippen LogP contribution >= 0.6 is 11.6 Å². The summed E-state index contributed by atoms with van der Waals surface area (Å²) < 4.78 is 5.57. The minimum absolute atomic E-state index is 0.361. The molecule has 84 valence electrons. The normalized spacial score (nSPS) is 24.4. The molecule has 2 heteroatoms. The van der Waals surface area contributed by atoms with E-state index in [1.807, 2.05) is 0 Å². The fourth-order valence-electron chi connectivity index (χ4n) is 1.92. The molecule has 1 fully saturated rings. The Hall–Kier alpha value is 0.250. The van der Waals surface area contributed by atoms with E-state index in [9.17, 15) is 0 Å². The van der Waals surface area contributed by atoms with Gasteiger partial charge in [-0.15, -0.1) is 11.6 Å². The summed E-state index contributed by atoms with van der Waals surface area (Å²) >= 11 is 6.18. The van der Waals surface area contributed by atoms with Gasteiger partial charge < -0.3 is 4.74 Å². The molecule has 0 aliphatic carbocycles. The molecule has 1 saturated heterocycles. The van der Waals surface area contributed by atoms with Crippen LogP contribution in [0.25, 0.3) is 0 Å². The van der Waals surface area contributed by atoms with Gasteiger partial charge in [-0.05, 0) is 31.6 Å². The van der Waals surface area contributed by atoms with Crippen molar-refractivity contribution in [3.8, 4) is 0 Å². The van der Waals surface area contributed by atoms with Crippen molar-refractivity contribution < 1.29 is 4.74 Å². The maximum absolute atomic E-state index is 6.18. The Kier molecular flexibility index (Phi) is 5.88. The van der Waals surface area contributed by atoms with Gasteiger partial charge in [-0.25, -0.2) is 0 Å². The number of hydrogen-bond donors (Lipinski definition) is 0. The molecule has 0 aromatic heterocycles. The van der Waals surface area contributed by atoms with Crippen molar-refractivity contribution in [3.63, 3.8) is 0 Å². The molecule has 1 aliphatic rings. The molecule has 0 amide bonds. The lowest BCUT2D eigenvalue weighted by Gasteiger charge is -2.13. The largest absolute Gasteiger partial charge is 0.378 e. The molecule has 0 N–H and O–H groups in total. The summed E-state index contributed by atoms with van der Waals surface area (Å²) in [6.45, 7) is 5.37. The highest BCUT2D eigenvalue weighted by molar-refractivity contribution is 6.20. The Morgan fingerprint density at radius 2 is 2.14 bits per heavy atom. The first-order valence-electron chi connectivity index (χ1n) is 5.96. The van der Waals surface area contributed by atoms with Gasteiger partial charge >= 0.3 is 0 Å². The Labute approximate surface area is 93.2 Å². The predicted octanol–water partition coefficient (Wildman–Crippen LogP) is 3.99. The van der Waals surface area contributed by atoms with E-state index in [1.165, 1.54) is 32.1 Å². The van der Waals surface area contributed by atoms with Crippen molar-refractivity contribution in [2.24, 2.45) is 5.92 Å². The molecule has 2 atom stereocenters. The smallest absolute Gasteiger partial charge is 0.0576 e. The van der Waals surface area contributed by atoms with Crippen LogP contribution in [0.3, 0.4) is 0 Å². The molecule has 0 aromatic carbocycles. The van der Waals surface area contributed by atoms with Gasteiger partial charge in [0.05, 0.1) is 6.10 Å². The monoisotopic (exact) mass is 218 g/mol. The fraction of sp³-hybridized carbons (Fsp3) is 1.00. The highest BCUT2D eigenvalue weighted by Gasteiger charge is 2.15. The van der Waals surface area contributed by atoms with Crippen LogP contribution in [0.4, 0.5) is 0 Å². The summed E-state index contributed by atoms with van der Waals surface area (Å²) in [6, 6.07) is 0. The number of ether oxygens (including phenoxy) is 1. The van der Waals surface area contributed by atoms with E-state index in [0.717, 1.165) is 13.0 Å². The topological polar surface area (TPSA) is 9.23 Å². The number of alkyl halides is 1. The van der Waals surface area contributed by atoms with Gasteiger partial charge in [0, 0.05) is 12.0 Å². The molecule has 0 aromatic rings. The zero-order chi connectivity index (χ0) is 10.4. The summed E-state index contributed by atoms with van der Waals surface area (Å²) in [4.78, 5) is 0. The second kappa shape index (κ2) is 6.68. The maximum Gasteiger partial charge on any atom is 0.0576 e. The van der Waals surface area contributed by atoms with Gasteiger partial charge in [0.25, 0.3) is 0 Å². The number of halogens is 1. The minimum atomic E-state index is 0.361. The highest BCUT2D eigenvalue weighted by Crippen LogP contribution is 2.21. The van der Waals surface area contributed by atoms with Gasteiger partial charge in [-0.1, -0.05) is 26.7 Å². The van der Waals surface area contributed by atoms with Crippen LogP contribution < -0.4 is 0 Å². The van der Waals surface area contributed by atoms with Crippen molar-refractivity contribution >= 4 is 11.6 Å². The van der Waals surface area contributed by atoms with Gasteiger partial charge in [-0.3, -0.25) is 0 Å². The summed E-state index contributed by atoms with van der Waals surface area (Å²) in [7, 11) is 0. The van der Waals surface area contributed by atoms with Crippen LogP contribution in [0.2, 0.25) is 0 Å². The van der Waals surface area contributed by atoms with Crippen LogP contribution in [0.5, 0.6) is 0 Å². The van der Waals surface area contributed by atoms with Gasteiger partial charge in [0.1, 0.15) is 0 Å². The van der Waals surface area contributed by atoms with E-state index in [0.29, 0.717) is 17.4 Å². The second-order valence-corrected chi connectivity index (χ2v) is 5.24. The molecule has 0 spiro atoms. The minimum Gasteiger partial charge on any atom is -0.378 e. The second-order valence-electron chi connectivity index (χ2n) is 4.68. The average Bonchev–Trinajstić information content (AvgIpc) is 2.64. The van der Waals surface area contributed by atoms with Crippen LogP contribution in [0.15, 0.2) is 0 Å². The number of unbranched alkanes of at least 4 members (excludes halogenated alkanes) is 1. The first kappa shape index (κ1) is 12.3. The zero-order valence-corrected chi connectivity index (χ0v) is 10.2. The molecule has 14 heavy (non-hydrogen) atoms. The average molecular weight is 219 g/mol. The predicted molar refractivity (Wildman–Crippen MR) is 61.9 cm³/mol. The Balaban J connectivity index is 1.93. The summed E-state index contributed by atoms with van der Waals surface area (Å²) in [5.74, 6) is 0.611. The maximum atomic E-state index is 6.18. The lowest BCUT2D eigenvalue weighted by atomic mass is 10.0. The van der Waals surface area contributed by atoms with Crippen molar-refractivity contribution in [2.45, 2.75) is 63.9 Å². The molecule has 1 rings (SSSR count). The van der Waals surface area contributed by atoms with E-state index in [4.69, 9.17) is 16.3 Å². The van der Waals surface area contributed by atoms with Crippen molar-refractivity contribution in [3.05, 3.63) is 0 Å². The van der Waals surface area contributed by atoms with Crippen LogP contribution in [0, 0.1) is 5.92 Å². The fourth-order valence-corrected chi connectivity index (χ4v) is 2.07. The third-order valence-electron chi connectivity index (χ3n) is 3.00. The molecule has 1 nitrogen and oxygen atoms in total. The lowest BCUT2D eigenvalue weighted by Crippen LogP contribution is -2.08. The molecule has 1 aliphatic heterocycles. The molecule has 0 radical (unpaired) electrons.